The highest BCUT2D eigenvalue weighted by molar-refractivity contribution is 6.07. The van der Waals surface area contributed by atoms with Crippen molar-refractivity contribution in [3.05, 3.63) is 137 Å². The summed E-state index contributed by atoms with van der Waals surface area (Å²) in [6.45, 7) is 15.5. The number of nitrogens with zero attached hydrogens (tertiary/aromatic N) is 21. The van der Waals surface area contributed by atoms with Crippen LogP contribution in [0.25, 0.3) is 33.1 Å². The van der Waals surface area contributed by atoms with Crippen molar-refractivity contribution in [2.45, 2.75) is 248 Å². The number of carbonyl (C=O) groups excluding carboxylic acids is 4. The van der Waals surface area contributed by atoms with Crippen LogP contribution in [0.2, 0.25) is 0 Å². The monoisotopic (exact) mass is 2050 g/mol. The number of fused-ring (bicyclic) bond motifs is 4. The van der Waals surface area contributed by atoms with Crippen molar-refractivity contribution in [3.63, 3.8) is 0 Å². The fraction of sp³-hybridized carbons (Fsp3) is 0.567. The molecule has 18 heterocycles. The summed E-state index contributed by atoms with van der Waals surface area (Å²) in [7, 11) is 3.33. The van der Waals surface area contributed by atoms with Crippen molar-refractivity contribution in [3.8, 4) is 41.6 Å². The van der Waals surface area contributed by atoms with Crippen molar-refractivity contribution in [2.75, 3.05) is 126 Å². The van der Waals surface area contributed by atoms with Crippen LogP contribution in [0.3, 0.4) is 0 Å². The average Bonchev–Trinajstić information content (AvgIpc) is 1.75. The van der Waals surface area contributed by atoms with Gasteiger partial charge in [0.25, 0.3) is 17.7 Å². The Morgan fingerprint density at radius 1 is 0.597 bits per heavy atom. The molecule has 0 spiro atoms. The summed E-state index contributed by atoms with van der Waals surface area (Å²) in [4.78, 5) is 126. The predicted molar refractivity (Wildman–Crippen MR) is 542 cm³/mol. The summed E-state index contributed by atoms with van der Waals surface area (Å²) in [6, 6.07) is 16.8. The first-order valence-corrected chi connectivity index (χ1v) is 52.1. The maximum absolute atomic E-state index is 13.3. The van der Waals surface area contributed by atoms with Crippen molar-refractivity contribution in [1.82, 2.24) is 106 Å². The summed E-state index contributed by atoms with van der Waals surface area (Å²) in [5.74, 6) is 3.74. The SMILES string of the molecule is CC[C@@H](NC(=O)c1cc(N2CCC(c3[nH]nc4ncccc34)CC2)nc(OCC2(C#N)CC2)n1)C(F)(F)F.COc1ccnc2c1C(C1CCN(c3cc(C(=O)C[C@@H]4CC[C@@H]4O)nc(OCC4CCCO4)n3)CC1)=NC2.COc1ccnc2n[nH]c(C3CCN(c4nc(OCC5CC5)nc(C(=O)N[C@H](C)C(C)(C)O)n4)CC3)c12.N[C@H]1CC[C@H]1NC(=O)c1cc(N2CCC(c3c[nH]c4ncccc34)CC2)nc(OC[C@H]2CCCO2)n1. The van der Waals surface area contributed by atoms with E-state index in [1.807, 2.05) is 51.6 Å². The Kier molecular flexibility index (Phi) is 32.1. The van der Waals surface area contributed by atoms with Gasteiger partial charge in [0.05, 0.1) is 96.9 Å². The molecule has 7 aliphatic heterocycles. The molecule has 45 heteroatoms. The molecule has 42 nitrogen and oxygen atoms in total. The number of halogens is 3. The number of hydrogen-bond donors (Lipinski definition) is 9. The van der Waals surface area contributed by atoms with E-state index in [9.17, 15) is 47.8 Å². The van der Waals surface area contributed by atoms with Gasteiger partial charge in [0, 0.05) is 167 Å². The first-order chi connectivity index (χ1) is 72.2. The molecule has 0 radical (unpaired) electrons. The standard InChI is InChI=1S/C28H35N5O5.C26H33N7O3.C25H27F3N8O2.C25H34N8O4/c1-36-24-6-9-29-21-15-30-27(26(21)24)17-7-10-33(11-8-17)25-14-20(23(35)13-18-4-5-22(18)34)31-28(32-25)38-16-19-3-2-12-37-19;27-20-5-6-21(20)30-25(34)22-13-23(32-26(31-22)36-15-17-3-2-12-35-17)33-10-7-16(8-11-33)19-14-29-24-18(19)4-1-9-28-24;1-2-18(25(26,27)28)32-22(37)17-12-19(33-23(31-17)38-14-24(13-29)7-8-24)36-10-5-15(6-11-36)20-16-4-3-9-30-21(16)35-34-20;1-14(25(2,3)35)27-22(34)21-28-23(30-24(29-21)37-13-15-5-6-15)33-11-8-16(9-12-33)19-18-17(36-4)7-10-26-20(18)32-31-19/h6,9,14,17-19,22,34H,2-5,7-8,10-13,15-16H2,1H3;1,4,9,13-14,16-17,20-21H,2-3,5-8,10-12,15,27H2,(H,28,29)(H,30,34);3-4,9,12,15,18H,2,5-8,10-11,14H2,1H3,(H,32,37)(H,30,34,35);7,10,14-16,35H,5-6,8-9,11-13H2,1-4H3,(H,27,34)(H,26,31,32)/t18-,19?,22-;17-,20+,21-;18-;14-/m0111/s1. The molecular weight excluding hydrogens is 1920 g/mol. The quantitative estimate of drug-likeness (QED) is 0.0173. The smallest absolute Gasteiger partial charge is 0.408 e. The molecule has 6 saturated heterocycles. The van der Waals surface area contributed by atoms with Crippen molar-refractivity contribution in [1.29, 1.82) is 5.26 Å². The topological polar surface area (TPSA) is 535 Å². The second-order valence-electron chi connectivity index (χ2n) is 41.0. The summed E-state index contributed by atoms with van der Waals surface area (Å²) < 4.78 is 85.7. The van der Waals surface area contributed by atoms with E-state index in [1.54, 1.807) is 65.7 Å². The number of ketones is 1. The molecule has 11 aromatic heterocycles. The minimum absolute atomic E-state index is 0.00392. The van der Waals surface area contributed by atoms with Crippen LogP contribution in [-0.4, -0.2) is 290 Å². The minimum Gasteiger partial charge on any atom is -0.496 e. The number of piperidine rings is 4. The Balaban J connectivity index is 0.000000125. The number of methoxy groups -OCH3 is 2. The van der Waals surface area contributed by atoms with Crippen molar-refractivity contribution >= 4 is 85.7 Å². The van der Waals surface area contributed by atoms with Crippen LogP contribution in [0.5, 0.6) is 35.5 Å². The van der Waals surface area contributed by atoms with Gasteiger partial charge in [-0.05, 0) is 215 Å². The highest BCUT2D eigenvalue weighted by Gasteiger charge is 2.46. The van der Waals surface area contributed by atoms with Crippen LogP contribution in [0, 0.1) is 34.5 Å². The molecule has 8 atom stereocenters. The second kappa shape index (κ2) is 46.1. The van der Waals surface area contributed by atoms with Gasteiger partial charge in [-0.2, -0.15) is 73.5 Å². The molecule has 0 aromatic carbocycles. The number of Topliss-reactive ketones (excluding diaryl/α,β-unsaturated/α-hetero) is 1. The summed E-state index contributed by atoms with van der Waals surface area (Å²) in [5, 5.41) is 55.4. The lowest BCUT2D eigenvalue weighted by Crippen LogP contribution is -2.54. The number of amides is 3. The van der Waals surface area contributed by atoms with E-state index in [2.05, 4.69) is 129 Å². The summed E-state index contributed by atoms with van der Waals surface area (Å²) in [5.41, 5.74) is 13.5. The molecule has 22 rings (SSSR count). The van der Waals surface area contributed by atoms with Crippen molar-refractivity contribution < 1.29 is 80.5 Å². The molecule has 10 fully saturated rings. The molecule has 790 valence electrons. The lowest BCUT2D eigenvalue weighted by molar-refractivity contribution is -0.153. The highest BCUT2D eigenvalue weighted by Crippen LogP contribution is 2.46. The van der Waals surface area contributed by atoms with Crippen LogP contribution in [0.1, 0.15) is 257 Å². The van der Waals surface area contributed by atoms with Gasteiger partial charge in [-0.3, -0.25) is 39.4 Å². The number of aliphatic imine (C=N–C) groups is 1. The highest BCUT2D eigenvalue weighted by atomic mass is 19.4. The zero-order valence-electron chi connectivity index (χ0n) is 84.6. The number of aliphatic hydroxyl groups is 2. The van der Waals surface area contributed by atoms with Gasteiger partial charge in [0.2, 0.25) is 11.8 Å². The first kappa shape index (κ1) is 104. The van der Waals surface area contributed by atoms with Crippen LogP contribution in [0.4, 0.5) is 36.6 Å². The average molecular weight is 2050 g/mol. The Labute approximate surface area is 858 Å². The molecular formula is C104H129F3N28O14. The van der Waals surface area contributed by atoms with E-state index < -0.39 is 47.2 Å². The van der Waals surface area contributed by atoms with Crippen LogP contribution < -0.4 is 69.7 Å². The number of hydrogen-bond acceptors (Lipinski definition) is 36. The maximum Gasteiger partial charge on any atom is 0.408 e. The number of nitrogens with one attached hydrogen (secondary N) is 6. The van der Waals surface area contributed by atoms with E-state index >= 15 is 0 Å². The number of aliphatic hydroxyl groups excluding tert-OH is 1. The molecule has 4 saturated carbocycles. The first-order valence-electron chi connectivity index (χ1n) is 52.1. The Bertz CT molecular complexity index is 6610. The van der Waals surface area contributed by atoms with Crippen LogP contribution in [0.15, 0.2) is 90.6 Å². The fourth-order valence-corrected chi connectivity index (χ4v) is 20.2. The number of pyridine rings is 4. The van der Waals surface area contributed by atoms with Gasteiger partial charge in [0.15, 0.2) is 17.1 Å². The molecule has 149 heavy (non-hydrogen) atoms. The third kappa shape index (κ3) is 25.0. The van der Waals surface area contributed by atoms with Crippen LogP contribution in [-0.2, 0) is 16.0 Å². The van der Waals surface area contributed by atoms with E-state index in [1.165, 1.54) is 23.9 Å². The number of rotatable bonds is 33. The summed E-state index contributed by atoms with van der Waals surface area (Å²) in [6.07, 6.45) is 22.1. The largest absolute Gasteiger partial charge is 0.496 e. The Morgan fingerprint density at radius 3 is 1.74 bits per heavy atom. The van der Waals surface area contributed by atoms with Crippen molar-refractivity contribution in [2.24, 2.45) is 33.9 Å². The van der Waals surface area contributed by atoms with E-state index in [0.717, 1.165) is 217 Å². The molecule has 11 aromatic rings. The molecule has 11 aliphatic rings. The zero-order valence-corrected chi connectivity index (χ0v) is 84.6. The fourth-order valence-electron chi connectivity index (χ4n) is 20.2. The van der Waals surface area contributed by atoms with Gasteiger partial charge in [-0.25, -0.2) is 15.0 Å². The minimum atomic E-state index is -4.58. The number of nitriles is 1. The lowest BCUT2D eigenvalue weighted by atomic mass is 9.78. The molecule has 4 aliphatic carbocycles. The number of anilines is 4. The number of carbonyl (C=O) groups is 4. The normalized spacial score (nSPS) is 21.3. The van der Waals surface area contributed by atoms with Gasteiger partial charge in [-0.1, -0.05) is 6.92 Å². The van der Waals surface area contributed by atoms with Gasteiger partial charge >= 0.3 is 30.2 Å². The Morgan fingerprint density at radius 2 is 1.16 bits per heavy atom. The number of H-pyrrole nitrogens is 3. The third-order valence-electron chi connectivity index (χ3n) is 30.4. The number of alkyl halides is 3. The molecule has 10 N–H and O–H groups in total. The summed E-state index contributed by atoms with van der Waals surface area (Å²) >= 11 is 0. The maximum atomic E-state index is 13.3. The lowest BCUT2D eigenvalue weighted by Gasteiger charge is -2.34. The number of aromatic amines is 3. The second-order valence-corrected chi connectivity index (χ2v) is 41.0. The molecule has 0 bridgehead atoms. The number of aromatic nitrogens is 18. The van der Waals surface area contributed by atoms with E-state index in [0.29, 0.717) is 130 Å². The van der Waals surface area contributed by atoms with Gasteiger partial charge in [0.1, 0.15) is 77.5 Å². The molecule has 3 amide bonds. The van der Waals surface area contributed by atoms with E-state index in [4.69, 9.17) is 48.6 Å². The van der Waals surface area contributed by atoms with E-state index in [-0.39, 0.29) is 102 Å². The zero-order chi connectivity index (χ0) is 104. The molecule has 1 unspecified atom stereocenters. The number of nitrogens with two attached hydrogens (primary N) is 1. The van der Waals surface area contributed by atoms with Gasteiger partial charge < -0.3 is 94.4 Å². The Hall–Kier alpha value is -13.8. The number of ether oxygens (including phenoxy) is 8. The third-order valence-corrected chi connectivity index (χ3v) is 30.4. The predicted octanol–water partition coefficient (Wildman–Crippen LogP) is 11.6. The van der Waals surface area contributed by atoms with Gasteiger partial charge in [-0.15, -0.1) is 0 Å². The van der Waals surface area contributed by atoms with Crippen LogP contribution >= 0.6 is 0 Å².